The number of carboxylic acids is 1. The lowest BCUT2D eigenvalue weighted by atomic mass is 10.0. The predicted molar refractivity (Wildman–Crippen MR) is 56.6 cm³/mol. The van der Waals surface area contributed by atoms with Crippen molar-refractivity contribution in [2.45, 2.75) is 25.9 Å². The summed E-state index contributed by atoms with van der Waals surface area (Å²) in [6.45, 7) is 3.35. The van der Waals surface area contributed by atoms with Crippen LogP contribution in [0.4, 0.5) is 0 Å². The number of carbonyl (C=O) groups is 1. The lowest BCUT2D eigenvalue weighted by molar-refractivity contribution is -0.143. The first-order chi connectivity index (χ1) is 7.59. The summed E-state index contributed by atoms with van der Waals surface area (Å²) in [5.41, 5.74) is 0. The summed E-state index contributed by atoms with van der Waals surface area (Å²) >= 11 is 0. The van der Waals surface area contributed by atoms with Crippen LogP contribution in [0, 0.1) is 5.92 Å². The third-order valence-electron chi connectivity index (χ3n) is 3.21. The van der Waals surface area contributed by atoms with Crippen LogP contribution in [0.2, 0.25) is 0 Å². The number of carboxylic acid groups (broad SMARTS) is 1. The maximum atomic E-state index is 11.2. The van der Waals surface area contributed by atoms with E-state index < -0.39 is 12.0 Å². The molecule has 1 aliphatic rings. The summed E-state index contributed by atoms with van der Waals surface area (Å²) in [7, 11) is 1.82. The molecule has 2 rings (SSSR count). The van der Waals surface area contributed by atoms with Gasteiger partial charge in [0.25, 0.3) is 0 Å². The Bertz CT molecular complexity index is 390. The molecule has 16 heavy (non-hydrogen) atoms. The van der Waals surface area contributed by atoms with E-state index in [2.05, 4.69) is 10.1 Å². The van der Waals surface area contributed by atoms with Crippen LogP contribution in [0.5, 0.6) is 0 Å². The van der Waals surface area contributed by atoms with Crippen LogP contribution in [0.1, 0.15) is 19.2 Å². The van der Waals surface area contributed by atoms with Crippen LogP contribution in [0.15, 0.2) is 6.33 Å². The molecule has 0 bridgehead atoms. The van der Waals surface area contributed by atoms with Crippen molar-refractivity contribution < 1.29 is 9.90 Å². The number of aliphatic carboxylic acids is 1. The number of rotatable bonds is 3. The highest BCUT2D eigenvalue weighted by Gasteiger charge is 2.36. The Morgan fingerprint density at radius 2 is 2.44 bits per heavy atom. The molecular weight excluding hydrogens is 208 g/mol. The second-order valence-corrected chi connectivity index (χ2v) is 4.32. The third-order valence-corrected chi connectivity index (χ3v) is 3.21. The van der Waals surface area contributed by atoms with E-state index in [1.807, 2.05) is 18.9 Å². The molecule has 0 aromatic carbocycles. The minimum absolute atomic E-state index is 0.200. The van der Waals surface area contributed by atoms with Crippen molar-refractivity contribution in [1.82, 2.24) is 19.7 Å². The predicted octanol–water partition coefficient (Wildman–Crippen LogP) is 0.110. The maximum Gasteiger partial charge on any atom is 0.321 e. The van der Waals surface area contributed by atoms with Crippen molar-refractivity contribution in [2.75, 3.05) is 6.54 Å². The average molecular weight is 224 g/mol. The molecule has 1 fully saturated rings. The lowest BCUT2D eigenvalue weighted by Gasteiger charge is -2.22. The van der Waals surface area contributed by atoms with Crippen molar-refractivity contribution in [3.05, 3.63) is 12.2 Å². The average Bonchev–Trinajstić information content (AvgIpc) is 2.75. The molecule has 1 N–H and O–H groups in total. The van der Waals surface area contributed by atoms with Crippen molar-refractivity contribution in [1.29, 1.82) is 0 Å². The van der Waals surface area contributed by atoms with E-state index in [4.69, 9.17) is 5.11 Å². The third kappa shape index (κ3) is 1.92. The standard InChI is InChI=1S/C10H16N4O2/c1-7-3-4-14(9(7)10(15)16)5-8-11-6-12-13(8)2/h6-7,9H,3-5H2,1-2H3,(H,15,16). The van der Waals surface area contributed by atoms with Crippen molar-refractivity contribution in [3.8, 4) is 0 Å². The van der Waals surface area contributed by atoms with Gasteiger partial charge in [-0.15, -0.1) is 0 Å². The Kier molecular flexibility index (Phi) is 2.91. The van der Waals surface area contributed by atoms with Gasteiger partial charge in [-0.05, 0) is 18.9 Å². The molecule has 0 spiro atoms. The van der Waals surface area contributed by atoms with Crippen molar-refractivity contribution in [3.63, 3.8) is 0 Å². The van der Waals surface area contributed by atoms with Gasteiger partial charge in [0, 0.05) is 7.05 Å². The van der Waals surface area contributed by atoms with Gasteiger partial charge in [-0.2, -0.15) is 5.10 Å². The normalized spacial score (nSPS) is 26.1. The summed E-state index contributed by atoms with van der Waals surface area (Å²) in [6.07, 6.45) is 2.42. The van der Waals surface area contributed by atoms with Crippen molar-refractivity contribution in [2.24, 2.45) is 13.0 Å². The Morgan fingerprint density at radius 3 is 3.00 bits per heavy atom. The van der Waals surface area contributed by atoms with Crippen LogP contribution in [0.3, 0.4) is 0 Å². The monoisotopic (exact) mass is 224 g/mol. The maximum absolute atomic E-state index is 11.2. The molecular formula is C10H16N4O2. The summed E-state index contributed by atoms with van der Waals surface area (Å²) < 4.78 is 1.68. The fraction of sp³-hybridized carbons (Fsp3) is 0.700. The zero-order valence-corrected chi connectivity index (χ0v) is 9.50. The second kappa shape index (κ2) is 4.21. The molecule has 88 valence electrons. The molecule has 1 aromatic heterocycles. The van der Waals surface area contributed by atoms with Crippen LogP contribution in [-0.4, -0.2) is 43.3 Å². The van der Waals surface area contributed by atoms with Crippen molar-refractivity contribution >= 4 is 5.97 Å². The highest BCUT2D eigenvalue weighted by Crippen LogP contribution is 2.25. The van der Waals surface area contributed by atoms with Gasteiger partial charge in [0.1, 0.15) is 18.2 Å². The quantitative estimate of drug-likeness (QED) is 0.789. The fourth-order valence-electron chi connectivity index (χ4n) is 2.25. The molecule has 6 heteroatoms. The summed E-state index contributed by atoms with van der Waals surface area (Å²) in [5.74, 6) is 0.262. The van der Waals surface area contributed by atoms with E-state index in [-0.39, 0.29) is 5.92 Å². The fourth-order valence-corrected chi connectivity index (χ4v) is 2.25. The first-order valence-corrected chi connectivity index (χ1v) is 5.39. The first kappa shape index (κ1) is 11.1. The minimum atomic E-state index is -0.743. The SMILES string of the molecule is CC1CCN(Cc2ncnn2C)C1C(=O)O. The van der Waals surface area contributed by atoms with Gasteiger partial charge < -0.3 is 5.11 Å². The number of nitrogens with zero attached hydrogens (tertiary/aromatic N) is 4. The highest BCUT2D eigenvalue weighted by atomic mass is 16.4. The minimum Gasteiger partial charge on any atom is -0.480 e. The largest absolute Gasteiger partial charge is 0.480 e. The molecule has 1 aromatic rings. The van der Waals surface area contributed by atoms with Gasteiger partial charge >= 0.3 is 5.97 Å². The van der Waals surface area contributed by atoms with E-state index in [1.165, 1.54) is 6.33 Å². The van der Waals surface area contributed by atoms with Crippen LogP contribution < -0.4 is 0 Å². The van der Waals surface area contributed by atoms with E-state index in [9.17, 15) is 4.79 Å². The number of aryl methyl sites for hydroxylation is 1. The summed E-state index contributed by atoms with van der Waals surface area (Å²) in [5, 5.41) is 13.1. The number of hydrogen-bond acceptors (Lipinski definition) is 4. The zero-order valence-electron chi connectivity index (χ0n) is 9.50. The number of aromatic nitrogens is 3. The molecule has 1 saturated heterocycles. The molecule has 2 unspecified atom stereocenters. The molecule has 2 heterocycles. The van der Waals surface area contributed by atoms with Gasteiger partial charge in [0.2, 0.25) is 0 Å². The molecule has 0 amide bonds. The van der Waals surface area contributed by atoms with E-state index in [1.54, 1.807) is 4.68 Å². The van der Waals surface area contributed by atoms with Gasteiger partial charge in [-0.3, -0.25) is 14.4 Å². The molecule has 0 saturated carbocycles. The number of likely N-dealkylation sites (tertiary alicyclic amines) is 1. The summed E-state index contributed by atoms with van der Waals surface area (Å²) in [4.78, 5) is 17.2. The Hall–Kier alpha value is -1.43. The second-order valence-electron chi connectivity index (χ2n) is 4.32. The molecule has 2 atom stereocenters. The van der Waals surface area contributed by atoms with Gasteiger partial charge in [0.15, 0.2) is 0 Å². The Labute approximate surface area is 93.9 Å². The summed E-state index contributed by atoms with van der Waals surface area (Å²) in [6, 6.07) is -0.392. The Balaban J connectivity index is 2.10. The topological polar surface area (TPSA) is 71.2 Å². The van der Waals surface area contributed by atoms with Gasteiger partial charge in [-0.1, -0.05) is 6.92 Å². The molecule has 6 nitrogen and oxygen atoms in total. The van der Waals surface area contributed by atoms with Gasteiger partial charge in [-0.25, -0.2) is 4.98 Å². The van der Waals surface area contributed by atoms with E-state index in [0.717, 1.165) is 18.8 Å². The molecule has 1 aliphatic heterocycles. The molecule has 0 aliphatic carbocycles. The van der Waals surface area contributed by atoms with E-state index >= 15 is 0 Å². The first-order valence-electron chi connectivity index (χ1n) is 5.39. The lowest BCUT2D eigenvalue weighted by Crippen LogP contribution is -2.39. The van der Waals surface area contributed by atoms with Gasteiger partial charge in [0.05, 0.1) is 6.54 Å². The zero-order chi connectivity index (χ0) is 11.7. The van der Waals surface area contributed by atoms with E-state index in [0.29, 0.717) is 6.54 Å². The van der Waals surface area contributed by atoms with Crippen LogP contribution >= 0.6 is 0 Å². The van der Waals surface area contributed by atoms with Crippen LogP contribution in [-0.2, 0) is 18.4 Å². The Morgan fingerprint density at radius 1 is 1.69 bits per heavy atom. The highest BCUT2D eigenvalue weighted by molar-refractivity contribution is 5.74. The van der Waals surface area contributed by atoms with Crippen LogP contribution in [0.25, 0.3) is 0 Å². The molecule has 0 radical (unpaired) electrons. The smallest absolute Gasteiger partial charge is 0.321 e. The number of hydrogen-bond donors (Lipinski definition) is 1.